The van der Waals surface area contributed by atoms with E-state index in [0.29, 0.717) is 9.21 Å². The second-order valence-corrected chi connectivity index (χ2v) is 12.6. The minimum absolute atomic E-state index is 0.212. The van der Waals surface area contributed by atoms with Crippen LogP contribution in [0.1, 0.15) is 75.3 Å². The Balaban J connectivity index is 2.09. The van der Waals surface area contributed by atoms with Crippen LogP contribution >= 0.6 is 22.9 Å². The minimum Gasteiger partial charge on any atom is -0.444 e. The molecule has 2 N–H and O–H groups in total. The Morgan fingerprint density at radius 3 is 2.29 bits per heavy atom. The Hall–Kier alpha value is -2.58. The van der Waals surface area contributed by atoms with E-state index in [1.807, 2.05) is 52.0 Å². The molecular weight excluding hydrogens is 486 g/mol. The number of amides is 3. The molecular formula is C26H34ClN3O4S. The van der Waals surface area contributed by atoms with Crippen molar-refractivity contribution in [2.45, 2.75) is 78.2 Å². The molecule has 1 aromatic heterocycles. The number of nitrogens with zero attached hydrogens (tertiary/aromatic N) is 1. The Kier molecular flexibility index (Phi) is 7.86. The predicted octanol–water partition coefficient (Wildman–Crippen LogP) is 5.54. The van der Waals surface area contributed by atoms with E-state index >= 15 is 0 Å². The smallest absolute Gasteiger partial charge is 0.408 e. The molecule has 3 rings (SSSR count). The highest BCUT2D eigenvalue weighted by molar-refractivity contribution is 7.18. The number of fused-ring (bicyclic) bond motifs is 1. The van der Waals surface area contributed by atoms with Crippen molar-refractivity contribution < 1.29 is 19.1 Å². The van der Waals surface area contributed by atoms with Crippen LogP contribution in [0.25, 0.3) is 0 Å². The molecule has 3 amide bonds. The van der Waals surface area contributed by atoms with Gasteiger partial charge in [-0.2, -0.15) is 0 Å². The summed E-state index contributed by atoms with van der Waals surface area (Å²) in [7, 11) is 0. The summed E-state index contributed by atoms with van der Waals surface area (Å²) < 4.78 is 6.02. The van der Waals surface area contributed by atoms with E-state index in [-0.39, 0.29) is 18.4 Å². The Morgan fingerprint density at radius 1 is 1.06 bits per heavy atom. The van der Waals surface area contributed by atoms with E-state index in [1.54, 1.807) is 37.8 Å². The quantitative estimate of drug-likeness (QED) is 0.557. The molecule has 0 saturated heterocycles. The fourth-order valence-electron chi connectivity index (χ4n) is 4.25. The number of thiophene rings is 1. The maximum absolute atomic E-state index is 13.7. The first-order valence-corrected chi connectivity index (χ1v) is 12.8. The highest BCUT2D eigenvalue weighted by atomic mass is 35.5. The summed E-state index contributed by atoms with van der Waals surface area (Å²) in [5.74, 6) is -1.03. The van der Waals surface area contributed by atoms with E-state index in [4.69, 9.17) is 16.3 Å². The van der Waals surface area contributed by atoms with Crippen molar-refractivity contribution in [2.24, 2.45) is 5.92 Å². The van der Waals surface area contributed by atoms with E-state index in [9.17, 15) is 14.4 Å². The van der Waals surface area contributed by atoms with Crippen molar-refractivity contribution in [3.63, 3.8) is 0 Å². The van der Waals surface area contributed by atoms with Crippen LogP contribution in [0.5, 0.6) is 0 Å². The molecule has 2 aromatic rings. The van der Waals surface area contributed by atoms with Crippen LogP contribution in [0.3, 0.4) is 0 Å². The lowest BCUT2D eigenvalue weighted by molar-refractivity contribution is -0.129. The van der Waals surface area contributed by atoms with Gasteiger partial charge in [0, 0.05) is 18.0 Å². The minimum atomic E-state index is -0.852. The van der Waals surface area contributed by atoms with Gasteiger partial charge in [-0.25, -0.2) is 4.79 Å². The second-order valence-electron chi connectivity index (χ2n) is 10.9. The molecule has 190 valence electrons. The molecule has 1 aliphatic rings. The highest BCUT2D eigenvalue weighted by Crippen LogP contribution is 2.37. The van der Waals surface area contributed by atoms with Gasteiger partial charge in [0.25, 0.3) is 5.91 Å². The average Bonchev–Trinajstić information content (AvgIpc) is 3.10. The number of nitrogens with one attached hydrogen (secondary N) is 2. The van der Waals surface area contributed by atoms with Crippen LogP contribution in [-0.4, -0.2) is 40.0 Å². The topological polar surface area (TPSA) is 87.7 Å². The molecule has 35 heavy (non-hydrogen) atoms. The van der Waals surface area contributed by atoms with Gasteiger partial charge in [0.1, 0.15) is 11.6 Å². The van der Waals surface area contributed by atoms with Crippen molar-refractivity contribution in [3.8, 4) is 0 Å². The predicted molar refractivity (Wildman–Crippen MR) is 139 cm³/mol. The first kappa shape index (κ1) is 27.0. The highest BCUT2D eigenvalue weighted by Gasteiger charge is 2.44. The summed E-state index contributed by atoms with van der Waals surface area (Å²) in [6, 6.07) is 9.54. The molecule has 9 heteroatoms. The van der Waals surface area contributed by atoms with Crippen molar-refractivity contribution in [3.05, 3.63) is 56.7 Å². The third kappa shape index (κ3) is 6.76. The molecule has 1 aliphatic heterocycles. The van der Waals surface area contributed by atoms with Gasteiger partial charge >= 0.3 is 6.09 Å². The third-order valence-electron chi connectivity index (χ3n) is 5.57. The molecule has 0 bridgehead atoms. The van der Waals surface area contributed by atoms with E-state index in [1.165, 1.54) is 11.3 Å². The maximum Gasteiger partial charge on any atom is 0.408 e. The number of rotatable bonds is 3. The number of halogens is 1. The summed E-state index contributed by atoms with van der Waals surface area (Å²) >= 11 is 7.29. The van der Waals surface area contributed by atoms with Gasteiger partial charge in [-0.05, 0) is 64.8 Å². The summed E-state index contributed by atoms with van der Waals surface area (Å²) in [4.78, 5) is 42.2. The largest absolute Gasteiger partial charge is 0.444 e. The van der Waals surface area contributed by atoms with Gasteiger partial charge in [0.05, 0.1) is 15.3 Å². The number of alkyl carbamates (subject to hydrolysis) is 1. The van der Waals surface area contributed by atoms with Gasteiger partial charge in [-0.15, -0.1) is 11.3 Å². The molecule has 0 spiro atoms. The molecule has 3 atom stereocenters. The molecule has 0 saturated carbocycles. The van der Waals surface area contributed by atoms with Crippen LogP contribution in [0.4, 0.5) is 4.79 Å². The normalized spacial score (nSPS) is 20.5. The molecule has 0 aliphatic carbocycles. The number of carbonyl (C=O) groups excluding carboxylic acids is 3. The molecule has 7 nitrogen and oxygen atoms in total. The number of ether oxygens (including phenoxy) is 1. The van der Waals surface area contributed by atoms with Crippen LogP contribution in [0, 0.1) is 5.92 Å². The number of carbonyl (C=O) groups is 3. The van der Waals surface area contributed by atoms with Crippen LogP contribution in [-0.2, 0) is 16.1 Å². The van der Waals surface area contributed by atoms with Crippen molar-refractivity contribution in [2.75, 3.05) is 0 Å². The Morgan fingerprint density at radius 2 is 1.71 bits per heavy atom. The van der Waals surface area contributed by atoms with Crippen LogP contribution in [0.2, 0.25) is 4.34 Å². The molecule has 1 aromatic carbocycles. The fourth-order valence-corrected chi connectivity index (χ4v) is 5.25. The lowest BCUT2D eigenvalue weighted by Gasteiger charge is -2.37. The second kappa shape index (κ2) is 10.2. The number of benzene rings is 1. The number of hydrogen-bond acceptors (Lipinski definition) is 5. The van der Waals surface area contributed by atoms with Gasteiger partial charge in [0.2, 0.25) is 5.91 Å². The fraction of sp³-hybridized carbons (Fsp3) is 0.500. The lowest BCUT2D eigenvalue weighted by Crippen LogP contribution is -2.57. The zero-order chi connectivity index (χ0) is 26.1. The lowest BCUT2D eigenvalue weighted by atomic mass is 9.87. The van der Waals surface area contributed by atoms with Crippen LogP contribution < -0.4 is 10.6 Å². The molecule has 0 fully saturated rings. The third-order valence-corrected chi connectivity index (χ3v) is 6.79. The first-order chi connectivity index (χ1) is 16.2. The maximum atomic E-state index is 13.7. The molecule has 0 radical (unpaired) electrons. The number of hydrogen-bond donors (Lipinski definition) is 2. The zero-order valence-electron chi connectivity index (χ0n) is 21.3. The standard InChI is InChI=1S/C26H34ClN3O4S/c1-15-20(28-24(33)34-26(5,6)7)17-11-9-8-10-16(17)14-30(21(15)22(31)29-25(2,3)4)23(32)18-12-13-19(27)35-18/h8-13,15,20-21H,14H2,1-7H3,(H,28,33)(H,29,31)/t15-,20-,21-/m0/s1. The van der Waals surface area contributed by atoms with Crippen molar-refractivity contribution in [1.82, 2.24) is 15.5 Å². The molecule has 0 unspecified atom stereocenters. The van der Waals surface area contributed by atoms with Crippen molar-refractivity contribution in [1.29, 1.82) is 0 Å². The summed E-state index contributed by atoms with van der Waals surface area (Å²) in [5.41, 5.74) is 0.507. The van der Waals surface area contributed by atoms with Gasteiger partial charge in [0.15, 0.2) is 0 Å². The van der Waals surface area contributed by atoms with Gasteiger partial charge < -0.3 is 20.3 Å². The zero-order valence-corrected chi connectivity index (χ0v) is 22.8. The van der Waals surface area contributed by atoms with Crippen molar-refractivity contribution >= 4 is 40.8 Å². The average molecular weight is 520 g/mol. The first-order valence-electron chi connectivity index (χ1n) is 11.6. The van der Waals surface area contributed by atoms with Crippen LogP contribution in [0.15, 0.2) is 36.4 Å². The summed E-state index contributed by atoms with van der Waals surface area (Å²) in [6.07, 6.45) is -0.580. The monoisotopic (exact) mass is 519 g/mol. The summed E-state index contributed by atoms with van der Waals surface area (Å²) in [5, 5.41) is 6.00. The summed E-state index contributed by atoms with van der Waals surface area (Å²) in [6.45, 7) is 13.1. The van der Waals surface area contributed by atoms with E-state index in [0.717, 1.165) is 11.1 Å². The van der Waals surface area contributed by atoms with E-state index < -0.39 is 35.2 Å². The van der Waals surface area contributed by atoms with E-state index in [2.05, 4.69) is 10.6 Å². The Bertz CT molecular complexity index is 1100. The molecule has 2 heterocycles. The van der Waals surface area contributed by atoms with Gasteiger partial charge in [-0.3, -0.25) is 9.59 Å². The van der Waals surface area contributed by atoms with Gasteiger partial charge in [-0.1, -0.05) is 42.8 Å². The SMILES string of the molecule is C[C@H]1[C@H](NC(=O)OC(C)(C)C)c2ccccc2CN(C(=O)c2ccc(Cl)s2)[C@@H]1C(=O)NC(C)(C)C. The Labute approximate surface area is 216 Å².